The Labute approximate surface area is 148 Å². The molecule has 0 aromatic carbocycles. The van der Waals surface area contributed by atoms with Crippen molar-refractivity contribution in [3.63, 3.8) is 0 Å². The molecule has 0 N–H and O–H groups in total. The minimum atomic E-state index is 0.00551. The minimum Gasteiger partial charge on any atom is -0.290 e. The molecule has 0 spiro atoms. The fraction of sp³-hybridized carbons (Fsp3) is 0.727. The summed E-state index contributed by atoms with van der Waals surface area (Å²) in [5.74, 6) is 2.10. The van der Waals surface area contributed by atoms with Gasteiger partial charge in [0.2, 0.25) is 0 Å². The summed E-state index contributed by atoms with van der Waals surface area (Å²) in [7, 11) is 0. The highest BCUT2D eigenvalue weighted by atomic mass is 16.1. The van der Waals surface area contributed by atoms with Crippen molar-refractivity contribution in [2.45, 2.75) is 80.1 Å². The molecule has 0 aliphatic heterocycles. The SMILES string of the molecule is CCC(C)CCCC(C)C(CCC(C)C)C1=C(C)C(=O)C=CC1=O. The van der Waals surface area contributed by atoms with Crippen molar-refractivity contribution in [2.24, 2.45) is 23.7 Å². The Hall–Kier alpha value is -1.18. The van der Waals surface area contributed by atoms with Crippen molar-refractivity contribution < 1.29 is 9.59 Å². The predicted octanol–water partition coefficient (Wildman–Crippen LogP) is 5.92. The second kappa shape index (κ2) is 9.96. The van der Waals surface area contributed by atoms with Crippen LogP contribution in [0.15, 0.2) is 23.3 Å². The van der Waals surface area contributed by atoms with E-state index in [4.69, 9.17) is 0 Å². The standard InChI is InChI=1S/C22H36O2/c1-7-16(4)9-8-10-17(5)19(12-11-15(2)3)22-18(6)20(23)13-14-21(22)24/h13-17,19H,7-12H2,1-6H3. The van der Waals surface area contributed by atoms with Crippen molar-refractivity contribution in [3.05, 3.63) is 23.3 Å². The lowest BCUT2D eigenvalue weighted by atomic mass is 9.74. The van der Waals surface area contributed by atoms with Crippen LogP contribution < -0.4 is 0 Å². The summed E-state index contributed by atoms with van der Waals surface area (Å²) in [6, 6.07) is 0. The molecule has 1 aliphatic rings. The number of hydrogen-bond acceptors (Lipinski definition) is 2. The van der Waals surface area contributed by atoms with Crippen LogP contribution in [0.5, 0.6) is 0 Å². The van der Waals surface area contributed by atoms with Crippen LogP contribution in [0.1, 0.15) is 80.1 Å². The molecule has 0 saturated carbocycles. The van der Waals surface area contributed by atoms with Crippen LogP contribution in [0.3, 0.4) is 0 Å². The van der Waals surface area contributed by atoms with Gasteiger partial charge in [0, 0.05) is 11.1 Å². The third-order valence-electron chi connectivity index (χ3n) is 5.59. The van der Waals surface area contributed by atoms with E-state index in [0.717, 1.165) is 30.8 Å². The van der Waals surface area contributed by atoms with Crippen molar-refractivity contribution >= 4 is 11.6 Å². The molecular formula is C22H36O2. The smallest absolute Gasteiger partial charge is 0.182 e. The molecule has 3 atom stereocenters. The first-order valence-corrected chi connectivity index (χ1v) is 9.75. The van der Waals surface area contributed by atoms with Gasteiger partial charge in [-0.25, -0.2) is 0 Å². The van der Waals surface area contributed by atoms with Gasteiger partial charge in [0.15, 0.2) is 11.6 Å². The van der Waals surface area contributed by atoms with E-state index in [1.54, 1.807) is 0 Å². The lowest BCUT2D eigenvalue weighted by molar-refractivity contribution is -0.115. The average Bonchev–Trinajstić information content (AvgIpc) is 2.53. The molecule has 1 aliphatic carbocycles. The lowest BCUT2D eigenvalue weighted by Crippen LogP contribution is -2.25. The van der Waals surface area contributed by atoms with E-state index in [1.165, 1.54) is 31.4 Å². The molecular weight excluding hydrogens is 296 g/mol. The second-order valence-electron chi connectivity index (χ2n) is 8.10. The maximum absolute atomic E-state index is 12.5. The Kier molecular flexibility index (Phi) is 8.66. The van der Waals surface area contributed by atoms with E-state index in [0.29, 0.717) is 17.4 Å². The number of ketones is 2. The van der Waals surface area contributed by atoms with E-state index in [-0.39, 0.29) is 17.5 Å². The first-order chi connectivity index (χ1) is 11.3. The van der Waals surface area contributed by atoms with Crippen LogP contribution >= 0.6 is 0 Å². The van der Waals surface area contributed by atoms with Gasteiger partial charge < -0.3 is 0 Å². The first-order valence-electron chi connectivity index (χ1n) is 9.75. The van der Waals surface area contributed by atoms with Gasteiger partial charge in [-0.2, -0.15) is 0 Å². The van der Waals surface area contributed by atoms with Gasteiger partial charge in [-0.3, -0.25) is 9.59 Å². The maximum atomic E-state index is 12.5. The molecule has 3 unspecified atom stereocenters. The average molecular weight is 333 g/mol. The lowest BCUT2D eigenvalue weighted by Gasteiger charge is -2.29. The monoisotopic (exact) mass is 332 g/mol. The summed E-state index contributed by atoms with van der Waals surface area (Å²) < 4.78 is 0. The first kappa shape index (κ1) is 20.9. The number of allylic oxidation sites excluding steroid dienone is 4. The summed E-state index contributed by atoms with van der Waals surface area (Å²) >= 11 is 0. The van der Waals surface area contributed by atoms with Gasteiger partial charge in [0.25, 0.3) is 0 Å². The molecule has 136 valence electrons. The van der Waals surface area contributed by atoms with Gasteiger partial charge in [-0.1, -0.05) is 66.7 Å². The summed E-state index contributed by atoms with van der Waals surface area (Å²) in [6.07, 6.45) is 9.82. The number of carbonyl (C=O) groups excluding carboxylic acids is 2. The molecule has 0 aromatic heterocycles. The van der Waals surface area contributed by atoms with E-state index in [1.807, 2.05) is 6.92 Å². The Bertz CT molecular complexity index is 496. The van der Waals surface area contributed by atoms with E-state index in [2.05, 4.69) is 34.6 Å². The molecule has 0 bridgehead atoms. The molecule has 0 saturated heterocycles. The number of hydrogen-bond donors (Lipinski definition) is 0. The highest BCUT2D eigenvalue weighted by molar-refractivity contribution is 6.20. The molecule has 1 rings (SSSR count). The number of rotatable bonds is 10. The Morgan fingerprint density at radius 3 is 2.08 bits per heavy atom. The van der Waals surface area contributed by atoms with Crippen LogP contribution in [-0.4, -0.2) is 11.6 Å². The predicted molar refractivity (Wildman–Crippen MR) is 102 cm³/mol. The van der Waals surface area contributed by atoms with E-state index in [9.17, 15) is 9.59 Å². The van der Waals surface area contributed by atoms with E-state index < -0.39 is 0 Å². The zero-order valence-electron chi connectivity index (χ0n) is 16.5. The summed E-state index contributed by atoms with van der Waals surface area (Å²) in [6.45, 7) is 13.1. The molecule has 0 radical (unpaired) electrons. The quantitative estimate of drug-likeness (QED) is 0.466. The summed E-state index contributed by atoms with van der Waals surface area (Å²) in [4.78, 5) is 24.5. The van der Waals surface area contributed by atoms with Gasteiger partial charge in [0.05, 0.1) is 0 Å². The van der Waals surface area contributed by atoms with Crippen molar-refractivity contribution in [2.75, 3.05) is 0 Å². The van der Waals surface area contributed by atoms with Gasteiger partial charge in [-0.15, -0.1) is 0 Å². The minimum absolute atomic E-state index is 0.00551. The van der Waals surface area contributed by atoms with Crippen molar-refractivity contribution in [1.82, 2.24) is 0 Å². The molecule has 0 aromatic rings. The second-order valence-corrected chi connectivity index (χ2v) is 8.10. The fourth-order valence-electron chi connectivity index (χ4n) is 3.56. The van der Waals surface area contributed by atoms with Gasteiger partial charge in [0.1, 0.15) is 0 Å². The summed E-state index contributed by atoms with van der Waals surface area (Å²) in [5.41, 5.74) is 1.46. The molecule has 0 heterocycles. The molecule has 0 fully saturated rings. The summed E-state index contributed by atoms with van der Waals surface area (Å²) in [5, 5.41) is 0. The van der Waals surface area contributed by atoms with Gasteiger partial charge >= 0.3 is 0 Å². The Balaban J connectivity index is 2.88. The van der Waals surface area contributed by atoms with Crippen LogP contribution in [-0.2, 0) is 9.59 Å². The van der Waals surface area contributed by atoms with Crippen LogP contribution in [0.25, 0.3) is 0 Å². The zero-order chi connectivity index (χ0) is 18.3. The largest absolute Gasteiger partial charge is 0.290 e. The third-order valence-corrected chi connectivity index (χ3v) is 5.59. The molecule has 24 heavy (non-hydrogen) atoms. The van der Waals surface area contributed by atoms with Crippen molar-refractivity contribution in [1.29, 1.82) is 0 Å². The molecule has 0 amide bonds. The maximum Gasteiger partial charge on any atom is 0.182 e. The normalized spacial score (nSPS) is 19.1. The van der Waals surface area contributed by atoms with Crippen LogP contribution in [0.2, 0.25) is 0 Å². The van der Waals surface area contributed by atoms with Crippen molar-refractivity contribution in [3.8, 4) is 0 Å². The molecule has 2 heteroatoms. The number of carbonyl (C=O) groups is 2. The Morgan fingerprint density at radius 2 is 1.50 bits per heavy atom. The Morgan fingerprint density at radius 1 is 0.875 bits per heavy atom. The highest BCUT2D eigenvalue weighted by Crippen LogP contribution is 2.35. The topological polar surface area (TPSA) is 34.1 Å². The van der Waals surface area contributed by atoms with Crippen LogP contribution in [0.4, 0.5) is 0 Å². The van der Waals surface area contributed by atoms with Crippen LogP contribution in [0, 0.1) is 23.7 Å². The van der Waals surface area contributed by atoms with Gasteiger partial charge in [-0.05, 0) is 49.2 Å². The third kappa shape index (κ3) is 6.03. The van der Waals surface area contributed by atoms with E-state index >= 15 is 0 Å². The fourth-order valence-corrected chi connectivity index (χ4v) is 3.56. The zero-order valence-corrected chi connectivity index (χ0v) is 16.5. The molecule has 2 nitrogen and oxygen atoms in total. The highest BCUT2D eigenvalue weighted by Gasteiger charge is 2.30.